The predicted molar refractivity (Wildman–Crippen MR) is 87.2 cm³/mol. The van der Waals surface area contributed by atoms with Gasteiger partial charge in [-0.15, -0.1) is 0 Å². The SMILES string of the molecule is CCc1ccc(Oc2ccc(C(C)O)cc2Br)c(OC)c1. The summed E-state index contributed by atoms with van der Waals surface area (Å²) < 4.78 is 12.1. The Bertz CT molecular complexity index is 623. The Morgan fingerprint density at radius 3 is 2.38 bits per heavy atom. The monoisotopic (exact) mass is 350 g/mol. The average molecular weight is 351 g/mol. The third-order valence-corrected chi connectivity index (χ3v) is 3.91. The van der Waals surface area contributed by atoms with E-state index in [1.807, 2.05) is 36.4 Å². The summed E-state index contributed by atoms with van der Waals surface area (Å²) in [6.45, 7) is 3.83. The van der Waals surface area contributed by atoms with Crippen molar-refractivity contribution >= 4 is 15.9 Å². The van der Waals surface area contributed by atoms with Crippen molar-refractivity contribution in [3.8, 4) is 17.2 Å². The molecule has 0 spiro atoms. The van der Waals surface area contributed by atoms with Crippen molar-refractivity contribution in [1.29, 1.82) is 0 Å². The molecule has 0 saturated heterocycles. The van der Waals surface area contributed by atoms with Gasteiger partial charge in [-0.05, 0) is 64.7 Å². The first-order valence-electron chi connectivity index (χ1n) is 6.87. The van der Waals surface area contributed by atoms with Crippen LogP contribution >= 0.6 is 15.9 Å². The van der Waals surface area contributed by atoms with Crippen molar-refractivity contribution in [2.45, 2.75) is 26.4 Å². The summed E-state index contributed by atoms with van der Waals surface area (Å²) in [5, 5.41) is 9.59. The first-order valence-corrected chi connectivity index (χ1v) is 7.66. The van der Waals surface area contributed by atoms with Crippen LogP contribution in [0.25, 0.3) is 0 Å². The van der Waals surface area contributed by atoms with Crippen LogP contribution in [0.2, 0.25) is 0 Å². The molecule has 0 saturated carbocycles. The molecule has 0 radical (unpaired) electrons. The van der Waals surface area contributed by atoms with E-state index in [1.54, 1.807) is 14.0 Å². The number of hydrogen-bond acceptors (Lipinski definition) is 3. The van der Waals surface area contributed by atoms with Crippen molar-refractivity contribution in [3.05, 3.63) is 52.0 Å². The van der Waals surface area contributed by atoms with Crippen LogP contribution in [-0.4, -0.2) is 12.2 Å². The summed E-state index contributed by atoms with van der Waals surface area (Å²) in [5.41, 5.74) is 2.03. The smallest absolute Gasteiger partial charge is 0.169 e. The normalized spacial score (nSPS) is 12.0. The number of aliphatic hydroxyl groups excluding tert-OH is 1. The number of methoxy groups -OCH3 is 1. The van der Waals surface area contributed by atoms with E-state index in [0.29, 0.717) is 17.2 Å². The summed E-state index contributed by atoms with van der Waals surface area (Å²) in [7, 11) is 1.63. The molecule has 0 heterocycles. The molecule has 0 aromatic heterocycles. The summed E-state index contributed by atoms with van der Waals surface area (Å²) >= 11 is 3.47. The molecule has 1 N–H and O–H groups in total. The maximum Gasteiger partial charge on any atom is 0.169 e. The van der Waals surface area contributed by atoms with Gasteiger partial charge >= 0.3 is 0 Å². The molecule has 2 aromatic carbocycles. The molecule has 2 aromatic rings. The van der Waals surface area contributed by atoms with Crippen LogP contribution in [0.1, 0.15) is 31.1 Å². The fourth-order valence-corrected chi connectivity index (χ4v) is 2.47. The third-order valence-electron chi connectivity index (χ3n) is 3.29. The van der Waals surface area contributed by atoms with Gasteiger partial charge in [-0.25, -0.2) is 0 Å². The molecule has 0 bridgehead atoms. The van der Waals surface area contributed by atoms with E-state index in [1.165, 1.54) is 5.56 Å². The van der Waals surface area contributed by atoms with Gasteiger partial charge in [-0.1, -0.05) is 19.1 Å². The molecule has 3 nitrogen and oxygen atoms in total. The fraction of sp³-hybridized carbons (Fsp3) is 0.294. The van der Waals surface area contributed by atoms with Gasteiger partial charge in [-0.2, -0.15) is 0 Å². The maximum atomic E-state index is 9.59. The van der Waals surface area contributed by atoms with Gasteiger partial charge in [0.2, 0.25) is 0 Å². The van der Waals surface area contributed by atoms with Crippen molar-refractivity contribution in [2.24, 2.45) is 0 Å². The van der Waals surface area contributed by atoms with Gasteiger partial charge in [-0.3, -0.25) is 0 Å². The van der Waals surface area contributed by atoms with Gasteiger partial charge in [0.15, 0.2) is 11.5 Å². The van der Waals surface area contributed by atoms with Gasteiger partial charge in [0.1, 0.15) is 5.75 Å². The molecule has 4 heteroatoms. The quantitative estimate of drug-likeness (QED) is 0.836. The first kappa shape index (κ1) is 15.9. The van der Waals surface area contributed by atoms with Crippen LogP contribution in [0.4, 0.5) is 0 Å². The van der Waals surface area contributed by atoms with Gasteiger partial charge in [0.25, 0.3) is 0 Å². The lowest BCUT2D eigenvalue weighted by Crippen LogP contribution is -1.95. The molecule has 0 aliphatic rings. The lowest BCUT2D eigenvalue weighted by atomic mass is 10.1. The number of aryl methyl sites for hydroxylation is 1. The standard InChI is InChI=1S/C17H19BrO3/c1-4-12-5-7-16(17(9-12)20-3)21-15-8-6-13(11(2)19)10-14(15)18/h5-11,19H,4H2,1-3H3. The number of halogens is 1. The number of benzene rings is 2. The third kappa shape index (κ3) is 3.77. The highest BCUT2D eigenvalue weighted by Gasteiger charge is 2.10. The van der Waals surface area contributed by atoms with Crippen molar-refractivity contribution in [3.63, 3.8) is 0 Å². The molecule has 0 aliphatic carbocycles. The van der Waals surface area contributed by atoms with Gasteiger partial charge in [0.05, 0.1) is 17.7 Å². The molecule has 2 rings (SSSR count). The highest BCUT2D eigenvalue weighted by atomic mass is 79.9. The van der Waals surface area contributed by atoms with E-state index >= 15 is 0 Å². The second-order valence-corrected chi connectivity index (χ2v) is 5.66. The minimum absolute atomic E-state index is 0.506. The van der Waals surface area contributed by atoms with E-state index in [2.05, 4.69) is 22.9 Å². The van der Waals surface area contributed by atoms with Crippen LogP contribution in [0, 0.1) is 0 Å². The maximum absolute atomic E-state index is 9.59. The highest BCUT2D eigenvalue weighted by Crippen LogP contribution is 2.36. The van der Waals surface area contributed by atoms with E-state index in [4.69, 9.17) is 9.47 Å². The second-order valence-electron chi connectivity index (χ2n) is 4.81. The largest absolute Gasteiger partial charge is 0.493 e. The Morgan fingerprint density at radius 1 is 1.10 bits per heavy atom. The molecule has 0 aliphatic heterocycles. The lowest BCUT2D eigenvalue weighted by Gasteiger charge is -2.14. The summed E-state index contributed by atoms with van der Waals surface area (Å²) in [6, 6.07) is 11.4. The predicted octanol–water partition coefficient (Wildman–Crippen LogP) is 4.87. The Hall–Kier alpha value is -1.52. The fourth-order valence-electron chi connectivity index (χ4n) is 1.99. The van der Waals surface area contributed by atoms with E-state index in [0.717, 1.165) is 16.5 Å². The molecule has 1 atom stereocenters. The number of ether oxygens (including phenoxy) is 2. The highest BCUT2D eigenvalue weighted by molar-refractivity contribution is 9.10. The summed E-state index contributed by atoms with van der Waals surface area (Å²) in [5.74, 6) is 2.06. The number of aliphatic hydroxyl groups is 1. The molecule has 0 amide bonds. The molecule has 21 heavy (non-hydrogen) atoms. The number of rotatable bonds is 5. The van der Waals surface area contributed by atoms with Crippen LogP contribution < -0.4 is 9.47 Å². The van der Waals surface area contributed by atoms with Gasteiger partial charge in [0, 0.05) is 0 Å². The Kier molecular flexibility index (Phi) is 5.26. The lowest BCUT2D eigenvalue weighted by molar-refractivity contribution is 0.199. The molecule has 0 fully saturated rings. The Balaban J connectivity index is 2.29. The Labute approximate surface area is 133 Å². The van der Waals surface area contributed by atoms with Crippen LogP contribution in [0.15, 0.2) is 40.9 Å². The molecule has 1 unspecified atom stereocenters. The second kappa shape index (κ2) is 6.96. The average Bonchev–Trinajstić information content (AvgIpc) is 2.49. The summed E-state index contributed by atoms with van der Waals surface area (Å²) in [4.78, 5) is 0. The van der Waals surface area contributed by atoms with Crippen molar-refractivity contribution in [2.75, 3.05) is 7.11 Å². The van der Waals surface area contributed by atoms with Crippen LogP contribution in [0.5, 0.6) is 17.2 Å². The van der Waals surface area contributed by atoms with Crippen molar-refractivity contribution in [1.82, 2.24) is 0 Å². The molecular weight excluding hydrogens is 332 g/mol. The molecular formula is C17H19BrO3. The minimum Gasteiger partial charge on any atom is -0.493 e. The van der Waals surface area contributed by atoms with E-state index < -0.39 is 6.10 Å². The zero-order valence-electron chi connectivity index (χ0n) is 12.4. The minimum atomic E-state index is -0.506. The first-order chi connectivity index (χ1) is 10.0. The zero-order valence-corrected chi connectivity index (χ0v) is 14.0. The van der Waals surface area contributed by atoms with Gasteiger partial charge < -0.3 is 14.6 Å². The van der Waals surface area contributed by atoms with Crippen LogP contribution in [-0.2, 0) is 6.42 Å². The molecule has 112 valence electrons. The zero-order chi connectivity index (χ0) is 15.4. The van der Waals surface area contributed by atoms with E-state index in [-0.39, 0.29) is 0 Å². The Morgan fingerprint density at radius 2 is 1.81 bits per heavy atom. The number of hydrogen-bond donors (Lipinski definition) is 1. The topological polar surface area (TPSA) is 38.7 Å². The van der Waals surface area contributed by atoms with E-state index in [9.17, 15) is 5.11 Å². The summed E-state index contributed by atoms with van der Waals surface area (Å²) in [6.07, 6.45) is 0.442. The van der Waals surface area contributed by atoms with Crippen molar-refractivity contribution < 1.29 is 14.6 Å². The van der Waals surface area contributed by atoms with Crippen LogP contribution in [0.3, 0.4) is 0 Å².